The predicted molar refractivity (Wildman–Crippen MR) is 73.0 cm³/mol. The molecule has 0 amide bonds. The molecule has 0 saturated heterocycles. The first-order valence-corrected chi connectivity index (χ1v) is 6.79. The average molecular weight is 249 g/mol. The van der Waals surface area contributed by atoms with Crippen LogP contribution in [0.5, 0.6) is 5.75 Å². The Hall–Kier alpha value is -1.06. The lowest BCUT2D eigenvalue weighted by Crippen LogP contribution is -2.45. The van der Waals surface area contributed by atoms with Crippen LogP contribution < -0.4 is 10.1 Å². The minimum absolute atomic E-state index is 0.0778. The standard InChI is InChI=1S/C15H23NO2/c1-3-16-15(9-10-17)8-4-5-12-6-7-13(18-2)11-14(12)15/h6-7,11,16-17H,3-5,8-10H2,1-2H3. The molecular formula is C15H23NO2. The van der Waals surface area contributed by atoms with Crippen LogP contribution in [0, 0.1) is 0 Å². The van der Waals surface area contributed by atoms with Gasteiger partial charge < -0.3 is 15.2 Å². The Balaban J connectivity index is 2.44. The maximum Gasteiger partial charge on any atom is 0.119 e. The van der Waals surface area contributed by atoms with Crippen LogP contribution in [0.3, 0.4) is 0 Å². The minimum atomic E-state index is -0.0778. The molecular weight excluding hydrogens is 226 g/mol. The Morgan fingerprint density at radius 3 is 2.94 bits per heavy atom. The number of hydrogen-bond acceptors (Lipinski definition) is 3. The third kappa shape index (κ3) is 2.38. The van der Waals surface area contributed by atoms with Gasteiger partial charge in [0, 0.05) is 12.1 Å². The van der Waals surface area contributed by atoms with Crippen molar-refractivity contribution in [3.05, 3.63) is 29.3 Å². The smallest absolute Gasteiger partial charge is 0.119 e. The van der Waals surface area contributed by atoms with E-state index in [1.165, 1.54) is 17.5 Å². The summed E-state index contributed by atoms with van der Waals surface area (Å²) in [7, 11) is 1.70. The molecule has 1 atom stereocenters. The van der Waals surface area contributed by atoms with Gasteiger partial charge in [-0.25, -0.2) is 0 Å². The highest BCUT2D eigenvalue weighted by atomic mass is 16.5. The van der Waals surface area contributed by atoms with Crippen LogP contribution in [-0.2, 0) is 12.0 Å². The first kappa shape index (κ1) is 13.4. The van der Waals surface area contributed by atoms with Crippen molar-refractivity contribution in [3.8, 4) is 5.75 Å². The number of fused-ring (bicyclic) bond motifs is 1. The zero-order chi connectivity index (χ0) is 13.0. The first-order valence-electron chi connectivity index (χ1n) is 6.79. The van der Waals surface area contributed by atoms with E-state index in [1.807, 2.05) is 6.07 Å². The van der Waals surface area contributed by atoms with Gasteiger partial charge in [0.25, 0.3) is 0 Å². The van der Waals surface area contributed by atoms with Crippen LogP contribution in [0.15, 0.2) is 18.2 Å². The van der Waals surface area contributed by atoms with E-state index in [-0.39, 0.29) is 12.1 Å². The maximum absolute atomic E-state index is 9.39. The molecule has 0 aromatic heterocycles. The van der Waals surface area contributed by atoms with E-state index in [4.69, 9.17) is 4.74 Å². The van der Waals surface area contributed by atoms with E-state index in [1.54, 1.807) is 7.11 Å². The molecule has 1 aliphatic carbocycles. The molecule has 0 fully saturated rings. The Labute approximate surface area is 109 Å². The van der Waals surface area contributed by atoms with Gasteiger partial charge in [0.05, 0.1) is 7.11 Å². The summed E-state index contributed by atoms with van der Waals surface area (Å²) in [6, 6.07) is 6.32. The summed E-state index contributed by atoms with van der Waals surface area (Å²) < 4.78 is 5.34. The summed E-state index contributed by atoms with van der Waals surface area (Å²) in [6.45, 7) is 3.24. The highest BCUT2D eigenvalue weighted by Gasteiger charge is 2.35. The SMILES string of the molecule is CCNC1(CCO)CCCc2ccc(OC)cc21. The van der Waals surface area contributed by atoms with Crippen LogP contribution in [0.25, 0.3) is 0 Å². The van der Waals surface area contributed by atoms with Crippen molar-refractivity contribution in [2.75, 3.05) is 20.3 Å². The number of aliphatic hydroxyl groups is 1. The Bertz CT molecular complexity index is 397. The fraction of sp³-hybridized carbons (Fsp3) is 0.600. The molecule has 100 valence electrons. The van der Waals surface area contributed by atoms with Crippen LogP contribution in [0.2, 0.25) is 0 Å². The summed E-state index contributed by atoms with van der Waals surface area (Å²) in [5.74, 6) is 0.899. The highest BCUT2D eigenvalue weighted by molar-refractivity contribution is 5.42. The molecule has 3 nitrogen and oxygen atoms in total. The number of hydrogen-bond donors (Lipinski definition) is 2. The largest absolute Gasteiger partial charge is 0.497 e. The van der Waals surface area contributed by atoms with Gasteiger partial charge in [0.1, 0.15) is 5.75 Å². The normalized spacial score (nSPS) is 22.6. The molecule has 0 bridgehead atoms. The number of methoxy groups -OCH3 is 1. The van der Waals surface area contributed by atoms with E-state index in [2.05, 4.69) is 24.4 Å². The Morgan fingerprint density at radius 2 is 2.28 bits per heavy atom. The number of nitrogens with one attached hydrogen (secondary N) is 1. The van der Waals surface area contributed by atoms with Crippen molar-refractivity contribution in [1.82, 2.24) is 5.32 Å². The summed E-state index contributed by atoms with van der Waals surface area (Å²) in [4.78, 5) is 0. The summed E-state index contributed by atoms with van der Waals surface area (Å²) in [5.41, 5.74) is 2.62. The molecule has 1 aliphatic rings. The number of rotatable bonds is 5. The van der Waals surface area contributed by atoms with Crippen molar-refractivity contribution in [1.29, 1.82) is 0 Å². The van der Waals surface area contributed by atoms with Gasteiger partial charge in [-0.15, -0.1) is 0 Å². The average Bonchev–Trinajstić information content (AvgIpc) is 2.39. The molecule has 0 heterocycles. The molecule has 0 aliphatic heterocycles. The molecule has 18 heavy (non-hydrogen) atoms. The number of benzene rings is 1. The minimum Gasteiger partial charge on any atom is -0.497 e. The van der Waals surface area contributed by atoms with Gasteiger partial charge >= 0.3 is 0 Å². The lowest BCUT2D eigenvalue weighted by atomic mass is 9.74. The predicted octanol–water partition coefficient (Wildman–Crippen LogP) is 2.22. The third-order valence-corrected chi connectivity index (χ3v) is 3.94. The first-order chi connectivity index (χ1) is 8.75. The van der Waals surface area contributed by atoms with Crippen molar-refractivity contribution in [2.45, 2.75) is 38.1 Å². The van der Waals surface area contributed by atoms with Crippen LogP contribution in [0.1, 0.15) is 37.3 Å². The van der Waals surface area contributed by atoms with Gasteiger partial charge in [-0.3, -0.25) is 0 Å². The van der Waals surface area contributed by atoms with Crippen molar-refractivity contribution in [3.63, 3.8) is 0 Å². The molecule has 0 radical (unpaired) electrons. The topological polar surface area (TPSA) is 41.5 Å². The Morgan fingerprint density at radius 1 is 1.44 bits per heavy atom. The third-order valence-electron chi connectivity index (χ3n) is 3.94. The molecule has 1 aromatic carbocycles. The lowest BCUT2D eigenvalue weighted by Gasteiger charge is -2.40. The van der Waals surface area contributed by atoms with Gasteiger partial charge in [-0.05, 0) is 55.5 Å². The molecule has 0 saturated carbocycles. The second-order valence-electron chi connectivity index (χ2n) is 4.96. The van der Waals surface area contributed by atoms with E-state index < -0.39 is 0 Å². The quantitative estimate of drug-likeness (QED) is 0.840. The van der Waals surface area contributed by atoms with Crippen LogP contribution >= 0.6 is 0 Å². The molecule has 3 heteroatoms. The van der Waals surface area contributed by atoms with E-state index >= 15 is 0 Å². The summed E-state index contributed by atoms with van der Waals surface area (Å²) >= 11 is 0. The highest BCUT2D eigenvalue weighted by Crippen LogP contribution is 2.39. The number of aryl methyl sites for hydroxylation is 1. The van der Waals surface area contributed by atoms with Gasteiger partial charge in [0.15, 0.2) is 0 Å². The fourth-order valence-corrected chi connectivity index (χ4v) is 3.12. The lowest BCUT2D eigenvalue weighted by molar-refractivity contribution is 0.191. The zero-order valence-electron chi connectivity index (χ0n) is 11.3. The maximum atomic E-state index is 9.39. The zero-order valence-corrected chi connectivity index (χ0v) is 11.3. The molecule has 2 N–H and O–H groups in total. The number of aliphatic hydroxyl groups excluding tert-OH is 1. The van der Waals surface area contributed by atoms with Crippen molar-refractivity contribution < 1.29 is 9.84 Å². The molecule has 2 rings (SSSR count). The molecule has 0 spiro atoms. The molecule has 1 unspecified atom stereocenters. The van der Waals surface area contributed by atoms with Crippen molar-refractivity contribution >= 4 is 0 Å². The van der Waals surface area contributed by atoms with E-state index in [0.29, 0.717) is 0 Å². The Kier molecular flexibility index (Phi) is 4.25. The van der Waals surface area contributed by atoms with Gasteiger partial charge in [-0.2, -0.15) is 0 Å². The van der Waals surface area contributed by atoms with E-state index in [0.717, 1.165) is 31.6 Å². The monoisotopic (exact) mass is 249 g/mol. The van der Waals surface area contributed by atoms with Crippen LogP contribution in [-0.4, -0.2) is 25.4 Å². The summed E-state index contributed by atoms with van der Waals surface area (Å²) in [5, 5.41) is 13.0. The summed E-state index contributed by atoms with van der Waals surface area (Å²) in [6.07, 6.45) is 4.15. The van der Waals surface area contributed by atoms with E-state index in [9.17, 15) is 5.11 Å². The van der Waals surface area contributed by atoms with Crippen molar-refractivity contribution in [2.24, 2.45) is 0 Å². The van der Waals surface area contributed by atoms with Gasteiger partial charge in [-0.1, -0.05) is 13.0 Å². The molecule has 1 aromatic rings. The number of ether oxygens (including phenoxy) is 1. The second kappa shape index (κ2) is 5.72. The van der Waals surface area contributed by atoms with Gasteiger partial charge in [0.2, 0.25) is 0 Å². The fourth-order valence-electron chi connectivity index (χ4n) is 3.12. The second-order valence-corrected chi connectivity index (χ2v) is 4.96. The van der Waals surface area contributed by atoms with Crippen LogP contribution in [0.4, 0.5) is 0 Å².